The van der Waals surface area contributed by atoms with Crippen LogP contribution >= 0.6 is 15.9 Å². The average Bonchev–Trinajstić information content (AvgIpc) is 3.05. The minimum Gasteiger partial charge on any atom is -0.481 e. The largest absolute Gasteiger partial charge is 0.481 e. The summed E-state index contributed by atoms with van der Waals surface area (Å²) in [7, 11) is -1.45. The van der Waals surface area contributed by atoms with Crippen molar-refractivity contribution in [1.29, 1.82) is 0 Å². The molecule has 0 fully saturated rings. The number of ether oxygens (including phenoxy) is 1. The number of aliphatic carboxylic acids is 1. The van der Waals surface area contributed by atoms with Gasteiger partial charge in [-0.05, 0) is 40.9 Å². The van der Waals surface area contributed by atoms with Gasteiger partial charge in [-0.1, -0.05) is 75.5 Å². The lowest BCUT2D eigenvalue weighted by atomic mass is 9.84. The summed E-state index contributed by atoms with van der Waals surface area (Å²) in [6.45, 7) is 8.53. The molecule has 0 radical (unpaired) electrons. The quantitative estimate of drug-likeness (QED) is 0.166. The summed E-state index contributed by atoms with van der Waals surface area (Å²) in [5.74, 6) is -5.91. The second-order valence-electron chi connectivity index (χ2n) is 12.0. The molecule has 0 spiro atoms. The Labute approximate surface area is 265 Å². The maximum atomic E-state index is 14.1. The number of carbonyl (C=O) groups excluding carboxylic acids is 2. The fourth-order valence-corrected chi connectivity index (χ4v) is 6.30. The van der Waals surface area contributed by atoms with E-state index in [0.29, 0.717) is 40.0 Å². The number of amides is 2. The minimum absolute atomic E-state index is 0.00212. The molecule has 2 aromatic carbocycles. The van der Waals surface area contributed by atoms with Crippen LogP contribution in [0.5, 0.6) is 0 Å². The van der Waals surface area contributed by atoms with Crippen molar-refractivity contribution >= 4 is 53.2 Å². The van der Waals surface area contributed by atoms with Crippen molar-refractivity contribution in [2.45, 2.75) is 70.6 Å². The third-order valence-electron chi connectivity index (χ3n) is 7.29. The molecule has 3 unspecified atom stereocenters. The van der Waals surface area contributed by atoms with Crippen molar-refractivity contribution in [2.75, 3.05) is 18.2 Å². The number of fused-ring (bicyclic) bond motifs is 1. The summed E-state index contributed by atoms with van der Waals surface area (Å²) in [4.78, 5) is 45.9. The van der Waals surface area contributed by atoms with E-state index in [0.717, 1.165) is 6.04 Å². The van der Waals surface area contributed by atoms with Crippen LogP contribution in [-0.2, 0) is 19.1 Å². The molecule has 0 saturated carbocycles. The number of carboxylic acids is 1. The number of nitrogens with one attached hydrogen (secondary N) is 1. The van der Waals surface area contributed by atoms with E-state index in [2.05, 4.69) is 45.9 Å². The van der Waals surface area contributed by atoms with E-state index in [1.54, 1.807) is 49.4 Å². The Morgan fingerprint density at radius 1 is 1.09 bits per heavy atom. The molecule has 0 bridgehead atoms. The molecule has 0 aromatic heterocycles. The lowest BCUT2D eigenvalue weighted by Gasteiger charge is -2.28. The van der Waals surface area contributed by atoms with Gasteiger partial charge in [0.2, 0.25) is 12.1 Å². The lowest BCUT2D eigenvalue weighted by Crippen LogP contribution is -2.51. The highest BCUT2D eigenvalue weighted by Gasteiger charge is 2.40. The molecule has 44 heavy (non-hydrogen) atoms. The van der Waals surface area contributed by atoms with Gasteiger partial charge in [-0.2, -0.15) is 13.2 Å². The number of alkyl halides is 3. The molecule has 0 saturated heterocycles. The van der Waals surface area contributed by atoms with Crippen LogP contribution in [0.2, 0.25) is 25.7 Å². The van der Waals surface area contributed by atoms with Gasteiger partial charge in [-0.15, -0.1) is 0 Å². The number of benzodiazepines with no additional fused rings is 1. The monoisotopic (exact) mass is 697 g/mol. The zero-order valence-electron chi connectivity index (χ0n) is 25.3. The summed E-state index contributed by atoms with van der Waals surface area (Å²) < 4.78 is 46.2. The van der Waals surface area contributed by atoms with E-state index in [-0.39, 0.29) is 13.2 Å². The molecule has 13 heteroatoms. The molecule has 2 amide bonds. The van der Waals surface area contributed by atoms with Gasteiger partial charge in [-0.3, -0.25) is 19.3 Å². The SMILES string of the molecule is CCCC(C(=O)O)C(CCC(F)(F)F)C(=O)NC1N=C(c2ccccc2)c2cccc(Br)c2N(COCC[Si](C)(C)C)C1=O. The van der Waals surface area contributed by atoms with E-state index in [1.807, 2.05) is 6.07 Å². The number of para-hydroxylation sites is 1. The Morgan fingerprint density at radius 3 is 2.36 bits per heavy atom. The second-order valence-corrected chi connectivity index (χ2v) is 18.5. The van der Waals surface area contributed by atoms with E-state index in [4.69, 9.17) is 4.74 Å². The van der Waals surface area contributed by atoms with Crippen LogP contribution in [-0.4, -0.2) is 62.4 Å². The maximum absolute atomic E-state index is 14.1. The molecule has 3 rings (SSSR count). The second kappa shape index (κ2) is 15.3. The summed E-state index contributed by atoms with van der Waals surface area (Å²) >= 11 is 3.55. The van der Waals surface area contributed by atoms with Crippen molar-refractivity contribution < 1.29 is 37.4 Å². The summed E-state index contributed by atoms with van der Waals surface area (Å²) in [5, 5.41) is 12.4. The minimum atomic E-state index is -4.59. The number of carbonyl (C=O) groups is 3. The number of hydrogen-bond acceptors (Lipinski definition) is 5. The van der Waals surface area contributed by atoms with Crippen molar-refractivity contribution in [2.24, 2.45) is 16.8 Å². The molecule has 2 N–H and O–H groups in total. The predicted octanol–water partition coefficient (Wildman–Crippen LogP) is 6.85. The molecule has 3 atom stereocenters. The van der Waals surface area contributed by atoms with Crippen molar-refractivity contribution in [3.05, 3.63) is 64.1 Å². The topological polar surface area (TPSA) is 108 Å². The molecule has 1 aliphatic heterocycles. The van der Waals surface area contributed by atoms with Gasteiger partial charge in [0.05, 0.1) is 23.2 Å². The molecule has 0 aliphatic carbocycles. The number of halogens is 4. The Morgan fingerprint density at radius 2 is 1.77 bits per heavy atom. The molecular formula is C31H39BrF3N3O5Si. The average molecular weight is 699 g/mol. The van der Waals surface area contributed by atoms with Gasteiger partial charge in [0.25, 0.3) is 5.91 Å². The van der Waals surface area contributed by atoms with Gasteiger partial charge in [0.1, 0.15) is 6.73 Å². The molecular weight excluding hydrogens is 659 g/mol. The van der Waals surface area contributed by atoms with Gasteiger partial charge in [0.15, 0.2) is 0 Å². The predicted molar refractivity (Wildman–Crippen MR) is 169 cm³/mol. The number of aliphatic imine (C=N–C) groups is 1. The normalized spacial score (nSPS) is 16.9. The van der Waals surface area contributed by atoms with Crippen LogP contribution in [0.1, 0.15) is 43.7 Å². The third-order valence-corrected chi connectivity index (χ3v) is 9.64. The zero-order chi connectivity index (χ0) is 32.7. The van der Waals surface area contributed by atoms with Crippen LogP contribution < -0.4 is 10.2 Å². The van der Waals surface area contributed by atoms with Gasteiger partial charge >= 0.3 is 12.1 Å². The maximum Gasteiger partial charge on any atom is 0.389 e. The van der Waals surface area contributed by atoms with E-state index < -0.39 is 62.9 Å². The fourth-order valence-electron chi connectivity index (χ4n) is 4.96. The van der Waals surface area contributed by atoms with Gasteiger partial charge in [0, 0.05) is 36.7 Å². The summed E-state index contributed by atoms with van der Waals surface area (Å²) in [6.07, 6.45) is -7.89. The number of rotatable bonds is 14. The van der Waals surface area contributed by atoms with Crippen LogP contribution in [0.3, 0.4) is 0 Å². The van der Waals surface area contributed by atoms with Crippen molar-refractivity contribution in [3.63, 3.8) is 0 Å². The number of benzene rings is 2. The number of hydrogen-bond donors (Lipinski definition) is 2. The van der Waals surface area contributed by atoms with E-state index in [1.165, 1.54) is 4.90 Å². The van der Waals surface area contributed by atoms with Gasteiger partial charge < -0.3 is 15.2 Å². The highest BCUT2D eigenvalue weighted by atomic mass is 79.9. The molecule has 240 valence electrons. The van der Waals surface area contributed by atoms with Crippen LogP contribution in [0, 0.1) is 11.8 Å². The Kier molecular flexibility index (Phi) is 12.3. The zero-order valence-corrected chi connectivity index (χ0v) is 27.9. The van der Waals surface area contributed by atoms with Crippen molar-refractivity contribution in [3.8, 4) is 0 Å². The summed E-state index contributed by atoms with van der Waals surface area (Å²) in [6, 6.07) is 15.2. The molecule has 1 aliphatic rings. The van der Waals surface area contributed by atoms with Crippen LogP contribution in [0.15, 0.2) is 58.0 Å². The smallest absolute Gasteiger partial charge is 0.389 e. The first kappa shape index (κ1) is 35.4. The lowest BCUT2D eigenvalue weighted by molar-refractivity contribution is -0.154. The molecule has 2 aromatic rings. The molecule has 1 heterocycles. The van der Waals surface area contributed by atoms with E-state index >= 15 is 0 Å². The van der Waals surface area contributed by atoms with E-state index in [9.17, 15) is 32.7 Å². The first-order valence-corrected chi connectivity index (χ1v) is 19.0. The Balaban J connectivity index is 2.08. The third kappa shape index (κ3) is 9.73. The Hall–Kier alpha value is -3.03. The van der Waals surface area contributed by atoms with Crippen LogP contribution in [0.25, 0.3) is 0 Å². The summed E-state index contributed by atoms with van der Waals surface area (Å²) in [5.41, 5.74) is 2.06. The fraction of sp³-hybridized carbons (Fsp3) is 0.484. The number of carboxylic acid groups (broad SMARTS) is 1. The number of nitrogens with zero attached hydrogens (tertiary/aromatic N) is 2. The highest BCUT2D eigenvalue weighted by Crippen LogP contribution is 2.36. The Bertz CT molecular complexity index is 1350. The molecule has 8 nitrogen and oxygen atoms in total. The first-order chi connectivity index (χ1) is 20.6. The first-order valence-electron chi connectivity index (χ1n) is 14.5. The number of anilines is 1. The van der Waals surface area contributed by atoms with Gasteiger partial charge in [-0.25, -0.2) is 4.99 Å². The highest BCUT2D eigenvalue weighted by molar-refractivity contribution is 9.10. The van der Waals surface area contributed by atoms with Crippen molar-refractivity contribution in [1.82, 2.24) is 5.32 Å². The standard InChI is InChI=1S/C31H39BrF3N3O5Si/c1-5-10-22(30(41)42)21(15-16-31(33,34)35)28(39)37-27-29(40)38(19-43-17-18-44(2,3)4)26-23(13-9-14-24(26)32)25(36-27)20-11-7-6-8-12-20/h6-9,11-14,21-22,27H,5,10,15-19H2,1-4H3,(H,37,39)(H,41,42). The van der Waals surface area contributed by atoms with Crippen LogP contribution in [0.4, 0.5) is 18.9 Å².